The predicted molar refractivity (Wildman–Crippen MR) is 167 cm³/mol. The van der Waals surface area contributed by atoms with Gasteiger partial charge in [0.1, 0.15) is 29.8 Å². The number of hydrogen-bond acceptors (Lipinski definition) is 9. The van der Waals surface area contributed by atoms with Gasteiger partial charge in [-0.05, 0) is 59.0 Å². The van der Waals surface area contributed by atoms with Crippen molar-refractivity contribution in [2.45, 2.75) is 24.5 Å². The normalized spacial score (nSPS) is 19.4. The van der Waals surface area contributed by atoms with Crippen LogP contribution in [0.25, 0.3) is 11.0 Å². The maximum atomic E-state index is 13.4. The molecule has 1 saturated heterocycles. The molecule has 3 heterocycles. The highest BCUT2D eigenvalue weighted by Crippen LogP contribution is 2.39. The molecule has 0 bridgehead atoms. The van der Waals surface area contributed by atoms with Crippen LogP contribution in [0.1, 0.15) is 37.3 Å². The third kappa shape index (κ3) is 6.16. The predicted octanol–water partition coefficient (Wildman–Crippen LogP) is 5.89. The van der Waals surface area contributed by atoms with Gasteiger partial charge in [0.2, 0.25) is 0 Å². The maximum absolute atomic E-state index is 13.4. The first-order valence-corrected chi connectivity index (χ1v) is 14.9. The van der Waals surface area contributed by atoms with Crippen LogP contribution < -0.4 is 0 Å². The third-order valence-corrected chi connectivity index (χ3v) is 8.07. The van der Waals surface area contributed by atoms with Crippen molar-refractivity contribution in [1.82, 2.24) is 14.5 Å². The molecule has 3 aromatic carbocycles. The summed E-state index contributed by atoms with van der Waals surface area (Å²) < 4.78 is 26.4. The van der Waals surface area contributed by atoms with Crippen LogP contribution in [0.2, 0.25) is 5.15 Å². The van der Waals surface area contributed by atoms with E-state index in [9.17, 15) is 14.4 Å². The van der Waals surface area contributed by atoms with E-state index in [1.54, 1.807) is 102 Å². The summed E-state index contributed by atoms with van der Waals surface area (Å²) in [4.78, 5) is 48.1. The Morgan fingerprint density at radius 1 is 0.773 bits per heavy atom. The Hall–Kier alpha value is -4.33. The number of esters is 3. The maximum Gasteiger partial charge on any atom is 0.338 e. The van der Waals surface area contributed by atoms with Crippen molar-refractivity contribution < 1.29 is 33.3 Å². The number of ether oxygens (including phenoxy) is 4. The lowest BCUT2D eigenvalue weighted by Gasteiger charge is -2.25. The number of benzene rings is 3. The fourth-order valence-electron chi connectivity index (χ4n) is 4.88. The minimum atomic E-state index is -1.18. The minimum absolute atomic E-state index is 0.231. The molecule has 0 N–H and O–H groups in total. The van der Waals surface area contributed by atoms with Crippen molar-refractivity contribution in [3.8, 4) is 0 Å². The van der Waals surface area contributed by atoms with E-state index >= 15 is 0 Å². The molecule has 0 radical (unpaired) electrons. The van der Waals surface area contributed by atoms with Crippen molar-refractivity contribution in [2.24, 2.45) is 0 Å². The van der Waals surface area contributed by atoms with Crippen molar-refractivity contribution >= 4 is 63.1 Å². The molecule has 2 aromatic heterocycles. The molecule has 222 valence electrons. The Morgan fingerprint density at radius 3 is 1.86 bits per heavy atom. The Labute approximate surface area is 270 Å². The van der Waals surface area contributed by atoms with Gasteiger partial charge in [0.05, 0.1) is 22.1 Å². The molecule has 10 nitrogen and oxygen atoms in total. The molecule has 12 heteroatoms. The van der Waals surface area contributed by atoms with Gasteiger partial charge in [-0.3, -0.25) is 0 Å². The van der Waals surface area contributed by atoms with Crippen molar-refractivity contribution in [3.05, 3.63) is 129 Å². The second-order valence-corrected chi connectivity index (χ2v) is 11.3. The van der Waals surface area contributed by atoms with Crippen LogP contribution in [-0.2, 0) is 18.9 Å². The van der Waals surface area contributed by atoms with Crippen molar-refractivity contribution in [2.75, 3.05) is 6.61 Å². The van der Waals surface area contributed by atoms with E-state index in [1.165, 1.54) is 6.33 Å². The van der Waals surface area contributed by atoms with Crippen LogP contribution in [0.15, 0.2) is 104 Å². The summed E-state index contributed by atoms with van der Waals surface area (Å²) in [5.74, 6) is -1.92. The largest absolute Gasteiger partial charge is 0.459 e. The van der Waals surface area contributed by atoms with Gasteiger partial charge in [0, 0.05) is 9.77 Å². The molecule has 44 heavy (non-hydrogen) atoms. The van der Waals surface area contributed by atoms with E-state index in [0.717, 1.165) is 3.57 Å². The first kappa shape index (κ1) is 29.7. The van der Waals surface area contributed by atoms with Crippen LogP contribution in [0.3, 0.4) is 0 Å². The number of aromatic nitrogens is 3. The monoisotopic (exact) mass is 723 g/mol. The average Bonchev–Trinajstić information content (AvgIpc) is 3.57. The van der Waals surface area contributed by atoms with E-state index in [2.05, 4.69) is 32.6 Å². The summed E-state index contributed by atoms with van der Waals surface area (Å²) in [5.41, 5.74) is 1.32. The van der Waals surface area contributed by atoms with E-state index in [-0.39, 0.29) is 22.9 Å². The van der Waals surface area contributed by atoms with E-state index in [0.29, 0.717) is 16.6 Å². The summed E-state index contributed by atoms with van der Waals surface area (Å²) in [6, 6.07) is 25.2. The summed E-state index contributed by atoms with van der Waals surface area (Å²) in [6.07, 6.45) is -1.40. The number of hydrogen-bond donors (Lipinski definition) is 0. The number of fused-ring (bicyclic) bond motifs is 1. The highest BCUT2D eigenvalue weighted by Gasteiger charge is 2.52. The topological polar surface area (TPSA) is 119 Å². The van der Waals surface area contributed by atoms with E-state index in [1.807, 2.05) is 0 Å². The fraction of sp³-hybridized carbons (Fsp3) is 0.156. The van der Waals surface area contributed by atoms with Gasteiger partial charge < -0.3 is 23.5 Å². The Kier molecular flexibility index (Phi) is 8.87. The highest BCUT2D eigenvalue weighted by molar-refractivity contribution is 14.1. The molecule has 0 spiro atoms. The lowest BCUT2D eigenvalue weighted by Crippen LogP contribution is -2.41. The summed E-state index contributed by atoms with van der Waals surface area (Å²) in [7, 11) is 0. The summed E-state index contributed by atoms with van der Waals surface area (Å²) >= 11 is 8.50. The van der Waals surface area contributed by atoms with Gasteiger partial charge in [0.15, 0.2) is 18.4 Å². The second-order valence-electron chi connectivity index (χ2n) is 9.75. The molecule has 5 aromatic rings. The molecule has 1 unspecified atom stereocenters. The average molecular weight is 724 g/mol. The van der Waals surface area contributed by atoms with E-state index in [4.69, 9.17) is 30.5 Å². The standard InChI is InChI=1S/C32H23ClIN3O7/c33-27-24-22(34)16-37(28(24)36-18-35-27)29-26(44-32(40)21-14-8-3-9-15-21)25(43-31(39)20-12-6-2-7-13-20)23(42-29)17-41-30(38)19-10-4-1-5-11-19/h1-16,18,23,25-26,29H,17H2/t23-,25-,26?,29-/m1/s1. The van der Waals surface area contributed by atoms with Crippen LogP contribution in [-0.4, -0.2) is 57.4 Å². The van der Waals surface area contributed by atoms with Gasteiger partial charge in [0.25, 0.3) is 0 Å². The molecule has 6 rings (SSSR count). The van der Waals surface area contributed by atoms with Crippen LogP contribution in [0.4, 0.5) is 0 Å². The van der Waals surface area contributed by atoms with Crippen LogP contribution in [0, 0.1) is 3.57 Å². The number of carbonyl (C=O) groups excluding carboxylic acids is 3. The zero-order valence-electron chi connectivity index (χ0n) is 22.8. The van der Waals surface area contributed by atoms with Gasteiger partial charge >= 0.3 is 17.9 Å². The Bertz CT molecular complexity index is 1800. The van der Waals surface area contributed by atoms with E-state index < -0.39 is 42.4 Å². The molecule has 0 aliphatic carbocycles. The lowest BCUT2D eigenvalue weighted by molar-refractivity contribution is -0.0604. The smallest absolute Gasteiger partial charge is 0.338 e. The number of rotatable bonds is 8. The molecule has 0 saturated carbocycles. The quantitative estimate of drug-likeness (QED) is 0.0836. The minimum Gasteiger partial charge on any atom is -0.459 e. The lowest BCUT2D eigenvalue weighted by atomic mass is 10.1. The van der Waals surface area contributed by atoms with Crippen LogP contribution in [0.5, 0.6) is 0 Å². The fourth-order valence-corrected chi connectivity index (χ4v) is 6.07. The molecular weight excluding hydrogens is 701 g/mol. The SMILES string of the molecule is O=C(OC[C@H]1O[C@@H](n2cc(I)c3c(Cl)ncnc32)C(OC(=O)c2ccccc2)[C@@H]1OC(=O)c1ccccc1)c1ccccc1. The zero-order chi connectivity index (χ0) is 30.6. The Morgan fingerprint density at radius 2 is 1.30 bits per heavy atom. The first-order valence-electron chi connectivity index (χ1n) is 13.5. The molecular formula is C32H23ClIN3O7. The molecule has 0 amide bonds. The molecule has 1 fully saturated rings. The molecule has 1 aliphatic rings. The number of nitrogens with zero attached hydrogens (tertiary/aromatic N) is 3. The highest BCUT2D eigenvalue weighted by atomic mass is 127. The molecule has 4 atom stereocenters. The third-order valence-electron chi connectivity index (χ3n) is 6.97. The summed E-state index contributed by atoms with van der Waals surface area (Å²) in [5, 5.41) is 0.803. The van der Waals surface area contributed by atoms with Gasteiger partial charge in [-0.2, -0.15) is 0 Å². The van der Waals surface area contributed by atoms with Crippen molar-refractivity contribution in [1.29, 1.82) is 0 Å². The number of carbonyl (C=O) groups is 3. The molecule has 1 aliphatic heterocycles. The first-order chi connectivity index (χ1) is 21.4. The Balaban J connectivity index is 1.39. The van der Waals surface area contributed by atoms with Crippen LogP contribution >= 0.6 is 34.2 Å². The summed E-state index contributed by atoms with van der Waals surface area (Å²) in [6.45, 7) is -0.303. The number of halogens is 2. The zero-order valence-corrected chi connectivity index (χ0v) is 25.7. The van der Waals surface area contributed by atoms with Gasteiger partial charge in [-0.1, -0.05) is 66.2 Å². The second kappa shape index (κ2) is 13.1. The van der Waals surface area contributed by atoms with Gasteiger partial charge in [-0.15, -0.1) is 0 Å². The van der Waals surface area contributed by atoms with Crippen molar-refractivity contribution in [3.63, 3.8) is 0 Å². The van der Waals surface area contributed by atoms with Gasteiger partial charge in [-0.25, -0.2) is 24.4 Å².